The van der Waals surface area contributed by atoms with Crippen LogP contribution in [0.15, 0.2) is 24.3 Å². The zero-order valence-electron chi connectivity index (χ0n) is 11.3. The van der Waals surface area contributed by atoms with Crippen LogP contribution in [0.3, 0.4) is 0 Å². The van der Waals surface area contributed by atoms with Gasteiger partial charge in [-0.05, 0) is 29.9 Å². The molecule has 1 atom stereocenters. The van der Waals surface area contributed by atoms with Gasteiger partial charge >= 0.3 is 5.97 Å². The van der Waals surface area contributed by atoms with Gasteiger partial charge in [-0.2, -0.15) is 0 Å². The van der Waals surface area contributed by atoms with Gasteiger partial charge in [-0.1, -0.05) is 12.1 Å². The predicted octanol–water partition coefficient (Wildman–Crippen LogP) is 0.562. The highest BCUT2D eigenvalue weighted by atomic mass is 32.1. The smallest absolute Gasteiger partial charge is 0.328 e. The van der Waals surface area contributed by atoms with E-state index in [-0.39, 0.29) is 11.0 Å². The van der Waals surface area contributed by atoms with E-state index in [2.05, 4.69) is 15.4 Å². The van der Waals surface area contributed by atoms with E-state index in [1.807, 2.05) is 12.1 Å². The first-order valence-corrected chi connectivity index (χ1v) is 6.33. The number of esters is 1. The van der Waals surface area contributed by atoms with Crippen molar-refractivity contribution >= 4 is 34.9 Å². The molecule has 1 aromatic carbocycles. The summed E-state index contributed by atoms with van der Waals surface area (Å²) < 4.78 is 4.66. The minimum atomic E-state index is -0.702. The molecular formula is C13H17N3O3S. The van der Waals surface area contributed by atoms with E-state index in [0.29, 0.717) is 6.42 Å². The third-order valence-electron chi connectivity index (χ3n) is 2.52. The maximum atomic E-state index is 11.6. The van der Waals surface area contributed by atoms with E-state index >= 15 is 0 Å². The van der Waals surface area contributed by atoms with Crippen molar-refractivity contribution in [3.8, 4) is 0 Å². The number of carbonyl (C=O) groups excluding carboxylic acids is 2. The minimum absolute atomic E-state index is 0.184. The molecule has 0 aliphatic rings. The van der Waals surface area contributed by atoms with Crippen LogP contribution < -0.4 is 16.4 Å². The SMILES string of the molecule is COC(=O)C(Cc1ccc(NC(N)=S)cc1)NC(C)=O. The maximum absolute atomic E-state index is 11.6. The Morgan fingerprint density at radius 2 is 1.95 bits per heavy atom. The molecule has 0 aliphatic carbocycles. The average molecular weight is 295 g/mol. The molecule has 0 saturated carbocycles. The fourth-order valence-corrected chi connectivity index (χ4v) is 1.80. The molecule has 4 N–H and O–H groups in total. The molecule has 0 spiro atoms. The van der Waals surface area contributed by atoms with E-state index < -0.39 is 12.0 Å². The molecule has 1 aromatic rings. The second-order valence-electron chi connectivity index (χ2n) is 4.17. The Morgan fingerprint density at radius 3 is 2.40 bits per heavy atom. The third kappa shape index (κ3) is 5.23. The molecule has 0 radical (unpaired) electrons. The van der Waals surface area contributed by atoms with Gasteiger partial charge in [0.15, 0.2) is 5.11 Å². The highest BCUT2D eigenvalue weighted by Gasteiger charge is 2.20. The number of hydrogen-bond donors (Lipinski definition) is 3. The average Bonchev–Trinajstić information content (AvgIpc) is 2.38. The summed E-state index contributed by atoms with van der Waals surface area (Å²) in [6, 6.07) is 6.51. The fourth-order valence-electron chi connectivity index (χ4n) is 1.68. The summed E-state index contributed by atoms with van der Waals surface area (Å²) >= 11 is 4.74. The van der Waals surface area contributed by atoms with Gasteiger partial charge in [-0.3, -0.25) is 4.79 Å². The van der Waals surface area contributed by atoms with Crippen LogP contribution in [0.4, 0.5) is 5.69 Å². The zero-order valence-corrected chi connectivity index (χ0v) is 12.1. The summed E-state index contributed by atoms with van der Waals surface area (Å²) in [5.74, 6) is -0.766. The number of benzene rings is 1. The summed E-state index contributed by atoms with van der Waals surface area (Å²) in [5.41, 5.74) is 7.00. The third-order valence-corrected chi connectivity index (χ3v) is 2.63. The Hall–Kier alpha value is -2.15. The summed E-state index contributed by atoms with van der Waals surface area (Å²) in [4.78, 5) is 22.7. The summed E-state index contributed by atoms with van der Waals surface area (Å²) in [6.45, 7) is 1.35. The van der Waals surface area contributed by atoms with Gasteiger partial charge in [-0.15, -0.1) is 0 Å². The molecule has 0 saturated heterocycles. The van der Waals surface area contributed by atoms with Crippen molar-refractivity contribution < 1.29 is 14.3 Å². The van der Waals surface area contributed by atoms with Crippen molar-refractivity contribution in [3.05, 3.63) is 29.8 Å². The number of rotatable bonds is 5. The maximum Gasteiger partial charge on any atom is 0.328 e. The minimum Gasteiger partial charge on any atom is -0.467 e. The van der Waals surface area contributed by atoms with Crippen molar-refractivity contribution in [1.82, 2.24) is 5.32 Å². The van der Waals surface area contributed by atoms with Gasteiger partial charge in [0.05, 0.1) is 7.11 Å². The lowest BCUT2D eigenvalue weighted by atomic mass is 10.1. The first kappa shape index (κ1) is 15.9. The van der Waals surface area contributed by atoms with E-state index in [1.165, 1.54) is 14.0 Å². The Bertz CT molecular complexity index is 502. The lowest BCUT2D eigenvalue weighted by molar-refractivity contribution is -0.144. The number of anilines is 1. The van der Waals surface area contributed by atoms with Crippen LogP contribution in [-0.4, -0.2) is 30.1 Å². The van der Waals surface area contributed by atoms with Gasteiger partial charge < -0.3 is 21.1 Å². The molecule has 0 aliphatic heterocycles. The number of carbonyl (C=O) groups is 2. The highest BCUT2D eigenvalue weighted by molar-refractivity contribution is 7.80. The fraction of sp³-hybridized carbons (Fsp3) is 0.308. The van der Waals surface area contributed by atoms with Crippen LogP contribution in [0, 0.1) is 0 Å². The van der Waals surface area contributed by atoms with E-state index in [1.54, 1.807) is 12.1 Å². The highest BCUT2D eigenvalue weighted by Crippen LogP contribution is 2.11. The number of nitrogens with two attached hydrogens (primary N) is 1. The molecule has 1 rings (SSSR count). The van der Waals surface area contributed by atoms with Crippen molar-refractivity contribution in [2.24, 2.45) is 5.73 Å². The number of methoxy groups -OCH3 is 1. The quantitative estimate of drug-likeness (QED) is 0.543. The Morgan fingerprint density at radius 1 is 1.35 bits per heavy atom. The lowest BCUT2D eigenvalue weighted by Gasteiger charge is -2.15. The number of nitrogens with one attached hydrogen (secondary N) is 2. The molecule has 6 nitrogen and oxygen atoms in total. The largest absolute Gasteiger partial charge is 0.467 e. The second-order valence-corrected chi connectivity index (χ2v) is 4.61. The molecular weight excluding hydrogens is 278 g/mol. The van der Waals surface area contributed by atoms with Gasteiger partial charge in [0.1, 0.15) is 6.04 Å². The number of hydrogen-bond acceptors (Lipinski definition) is 4. The van der Waals surface area contributed by atoms with Crippen molar-refractivity contribution in [1.29, 1.82) is 0 Å². The lowest BCUT2D eigenvalue weighted by Crippen LogP contribution is -2.41. The van der Waals surface area contributed by atoms with Crippen LogP contribution in [0.5, 0.6) is 0 Å². The van der Waals surface area contributed by atoms with Crippen LogP contribution >= 0.6 is 12.2 Å². The number of thiocarbonyl (C=S) groups is 1. The van der Waals surface area contributed by atoms with Gasteiger partial charge in [0.25, 0.3) is 0 Å². The first-order valence-electron chi connectivity index (χ1n) is 5.92. The molecule has 108 valence electrons. The van der Waals surface area contributed by atoms with E-state index in [9.17, 15) is 9.59 Å². The van der Waals surface area contributed by atoms with Gasteiger partial charge in [0, 0.05) is 19.0 Å². The summed E-state index contributed by atoms with van der Waals surface area (Å²) in [5, 5.41) is 5.54. The molecule has 0 heterocycles. The van der Waals surface area contributed by atoms with Crippen LogP contribution in [-0.2, 0) is 20.7 Å². The number of ether oxygens (including phenoxy) is 1. The van der Waals surface area contributed by atoms with E-state index in [0.717, 1.165) is 11.3 Å². The van der Waals surface area contributed by atoms with Crippen LogP contribution in [0.2, 0.25) is 0 Å². The topological polar surface area (TPSA) is 93.4 Å². The second kappa shape index (κ2) is 7.44. The Labute approximate surface area is 122 Å². The normalized spacial score (nSPS) is 11.3. The Kier molecular flexibility index (Phi) is 5.92. The molecule has 0 bridgehead atoms. The van der Waals surface area contributed by atoms with Crippen molar-refractivity contribution in [2.45, 2.75) is 19.4 Å². The summed E-state index contributed by atoms with van der Waals surface area (Å²) in [6.07, 6.45) is 0.347. The van der Waals surface area contributed by atoms with Gasteiger partial charge in [-0.25, -0.2) is 4.79 Å². The molecule has 7 heteroatoms. The van der Waals surface area contributed by atoms with Crippen molar-refractivity contribution in [3.63, 3.8) is 0 Å². The van der Waals surface area contributed by atoms with Gasteiger partial charge in [0.2, 0.25) is 5.91 Å². The monoisotopic (exact) mass is 295 g/mol. The zero-order chi connectivity index (χ0) is 15.1. The number of amides is 1. The van der Waals surface area contributed by atoms with E-state index in [4.69, 9.17) is 18.0 Å². The van der Waals surface area contributed by atoms with Crippen LogP contribution in [0.25, 0.3) is 0 Å². The molecule has 20 heavy (non-hydrogen) atoms. The molecule has 0 fully saturated rings. The molecule has 1 unspecified atom stereocenters. The molecule has 0 aromatic heterocycles. The Balaban J connectivity index is 2.75. The van der Waals surface area contributed by atoms with Crippen LogP contribution in [0.1, 0.15) is 12.5 Å². The predicted molar refractivity (Wildman–Crippen MR) is 80.2 cm³/mol. The summed E-state index contributed by atoms with van der Waals surface area (Å²) in [7, 11) is 1.28. The standard InChI is InChI=1S/C13H17N3O3S/c1-8(17)15-11(12(18)19-2)7-9-3-5-10(6-4-9)16-13(14)20/h3-6,11H,7H2,1-2H3,(H,15,17)(H3,14,16,20). The molecule has 1 amide bonds. The first-order chi connectivity index (χ1) is 9.42. The van der Waals surface area contributed by atoms with Crippen molar-refractivity contribution in [2.75, 3.05) is 12.4 Å².